The average molecular weight is 508 g/mol. The number of fused-ring (bicyclic) bond motifs is 1. The van der Waals surface area contributed by atoms with Crippen LogP contribution in [0.5, 0.6) is 0 Å². The highest BCUT2D eigenvalue weighted by molar-refractivity contribution is 5.84. The van der Waals surface area contributed by atoms with Crippen LogP contribution in [0.3, 0.4) is 0 Å². The van der Waals surface area contributed by atoms with Gasteiger partial charge in [-0.1, -0.05) is 65.9 Å². The van der Waals surface area contributed by atoms with Gasteiger partial charge >= 0.3 is 0 Å². The van der Waals surface area contributed by atoms with Gasteiger partial charge in [0.25, 0.3) is 0 Å². The molecule has 6 rings (SSSR count). The molecule has 1 aliphatic rings. The van der Waals surface area contributed by atoms with E-state index in [1.807, 2.05) is 41.3 Å². The van der Waals surface area contributed by atoms with Gasteiger partial charge in [-0.2, -0.15) is 4.68 Å². The fraction of sp³-hybridized carbons (Fsp3) is 0.207. The molecule has 190 valence electrons. The van der Waals surface area contributed by atoms with E-state index in [1.54, 1.807) is 16.8 Å². The van der Waals surface area contributed by atoms with Gasteiger partial charge in [-0.3, -0.25) is 4.79 Å². The van der Waals surface area contributed by atoms with Crippen LogP contribution >= 0.6 is 0 Å². The third kappa shape index (κ3) is 4.70. The lowest BCUT2D eigenvalue weighted by atomic mass is 9.88. The molecule has 0 radical (unpaired) electrons. The molecule has 0 N–H and O–H groups in total. The SMILES string of the molecule is O=C(CC(c1ccccc1)c1ccccc1)N1CCN(c2ncnc3c2nnn3-c2ccc(F)cc2)CC1. The van der Waals surface area contributed by atoms with E-state index in [-0.39, 0.29) is 17.6 Å². The van der Waals surface area contributed by atoms with E-state index in [2.05, 4.69) is 49.4 Å². The first kappa shape index (κ1) is 23.7. The van der Waals surface area contributed by atoms with Crippen molar-refractivity contribution in [3.05, 3.63) is 108 Å². The van der Waals surface area contributed by atoms with Gasteiger partial charge in [0.05, 0.1) is 5.69 Å². The Kier molecular flexibility index (Phi) is 6.47. The predicted octanol–water partition coefficient (Wildman–Crippen LogP) is 4.22. The number of amides is 1. The summed E-state index contributed by atoms with van der Waals surface area (Å²) in [6.45, 7) is 2.44. The highest BCUT2D eigenvalue weighted by atomic mass is 19.1. The summed E-state index contributed by atoms with van der Waals surface area (Å²) in [6, 6.07) is 26.4. The number of carbonyl (C=O) groups excluding carboxylic acids is 1. The number of halogens is 1. The van der Waals surface area contributed by atoms with Crippen LogP contribution in [0, 0.1) is 5.82 Å². The van der Waals surface area contributed by atoms with Crippen molar-refractivity contribution in [2.24, 2.45) is 0 Å². The lowest BCUT2D eigenvalue weighted by Gasteiger charge is -2.36. The zero-order valence-electron chi connectivity index (χ0n) is 20.7. The second-order valence-corrected chi connectivity index (χ2v) is 9.29. The standard InChI is InChI=1S/C29H26FN7O/c30-23-11-13-24(14-12-23)37-29-27(33-34-37)28(31-20-32-29)36-17-15-35(16-18-36)26(38)19-25(21-7-3-1-4-8-21)22-9-5-2-6-10-22/h1-14,20,25H,15-19H2. The lowest BCUT2D eigenvalue weighted by Crippen LogP contribution is -2.49. The molecule has 1 amide bonds. The van der Waals surface area contributed by atoms with Gasteiger partial charge in [-0.25, -0.2) is 14.4 Å². The molecule has 0 unspecified atom stereocenters. The van der Waals surface area contributed by atoms with Crippen molar-refractivity contribution in [2.45, 2.75) is 12.3 Å². The molecule has 1 saturated heterocycles. The fourth-order valence-corrected chi connectivity index (χ4v) is 4.99. The summed E-state index contributed by atoms with van der Waals surface area (Å²) < 4.78 is 15.0. The number of aromatic nitrogens is 5. The topological polar surface area (TPSA) is 80.0 Å². The second-order valence-electron chi connectivity index (χ2n) is 9.29. The van der Waals surface area contributed by atoms with Gasteiger partial charge in [-0.15, -0.1) is 5.10 Å². The minimum absolute atomic E-state index is 0.00548. The number of hydrogen-bond donors (Lipinski definition) is 0. The normalized spacial score (nSPS) is 13.8. The number of hydrogen-bond acceptors (Lipinski definition) is 6. The van der Waals surface area contributed by atoms with E-state index in [9.17, 15) is 9.18 Å². The Bertz CT molecular complexity index is 1490. The minimum atomic E-state index is -0.320. The van der Waals surface area contributed by atoms with E-state index in [4.69, 9.17) is 0 Å². The monoisotopic (exact) mass is 507 g/mol. The summed E-state index contributed by atoms with van der Waals surface area (Å²) in [5, 5.41) is 8.56. The molecule has 0 aliphatic carbocycles. The second kappa shape index (κ2) is 10.4. The highest BCUT2D eigenvalue weighted by Gasteiger charge is 2.27. The van der Waals surface area contributed by atoms with Crippen molar-refractivity contribution in [1.29, 1.82) is 0 Å². The van der Waals surface area contributed by atoms with Gasteiger partial charge in [0.15, 0.2) is 17.0 Å². The molecule has 38 heavy (non-hydrogen) atoms. The molecular formula is C29H26FN7O. The van der Waals surface area contributed by atoms with Gasteiger partial charge in [0, 0.05) is 38.5 Å². The van der Waals surface area contributed by atoms with Crippen LogP contribution in [0.1, 0.15) is 23.5 Å². The van der Waals surface area contributed by atoms with Gasteiger partial charge < -0.3 is 9.80 Å². The Labute approximate surface area is 219 Å². The predicted molar refractivity (Wildman–Crippen MR) is 143 cm³/mol. The molecule has 3 heterocycles. The molecule has 0 atom stereocenters. The zero-order valence-corrected chi connectivity index (χ0v) is 20.7. The largest absolute Gasteiger partial charge is 0.351 e. The Hall–Kier alpha value is -4.66. The van der Waals surface area contributed by atoms with Crippen molar-refractivity contribution >= 4 is 22.9 Å². The van der Waals surface area contributed by atoms with Gasteiger partial charge in [-0.05, 0) is 35.4 Å². The summed E-state index contributed by atoms with van der Waals surface area (Å²) in [7, 11) is 0. The number of anilines is 1. The third-order valence-electron chi connectivity index (χ3n) is 7.00. The number of carbonyl (C=O) groups is 1. The van der Waals surface area contributed by atoms with Gasteiger partial charge in [0.2, 0.25) is 5.91 Å². The molecule has 1 fully saturated rings. The van der Waals surface area contributed by atoms with E-state index in [0.29, 0.717) is 55.3 Å². The summed E-state index contributed by atoms with van der Waals surface area (Å²) in [6.07, 6.45) is 1.90. The molecule has 8 nitrogen and oxygen atoms in total. The first-order valence-electron chi connectivity index (χ1n) is 12.6. The van der Waals surface area contributed by atoms with Crippen molar-refractivity contribution < 1.29 is 9.18 Å². The molecule has 2 aromatic heterocycles. The summed E-state index contributed by atoms with van der Waals surface area (Å²) in [5.74, 6) is 0.505. The summed E-state index contributed by atoms with van der Waals surface area (Å²) in [5.41, 5.74) is 4.07. The van der Waals surface area contributed by atoms with Crippen LogP contribution in [-0.4, -0.2) is 61.9 Å². The van der Waals surface area contributed by atoms with E-state index in [0.717, 1.165) is 11.1 Å². The number of piperazine rings is 1. The van der Waals surface area contributed by atoms with Gasteiger partial charge in [0.1, 0.15) is 12.1 Å². The van der Waals surface area contributed by atoms with Crippen molar-refractivity contribution in [3.8, 4) is 5.69 Å². The first-order valence-corrected chi connectivity index (χ1v) is 12.6. The van der Waals surface area contributed by atoms with Crippen molar-refractivity contribution in [3.63, 3.8) is 0 Å². The van der Waals surface area contributed by atoms with Crippen LogP contribution in [-0.2, 0) is 4.79 Å². The summed E-state index contributed by atoms with van der Waals surface area (Å²) in [4.78, 5) is 26.3. The molecule has 9 heteroatoms. The average Bonchev–Trinajstić information content (AvgIpc) is 3.42. The minimum Gasteiger partial charge on any atom is -0.351 e. The maximum Gasteiger partial charge on any atom is 0.223 e. The van der Waals surface area contributed by atoms with Crippen molar-refractivity contribution in [2.75, 3.05) is 31.1 Å². The molecule has 5 aromatic rings. The zero-order chi connectivity index (χ0) is 25.9. The fourth-order valence-electron chi connectivity index (χ4n) is 4.99. The van der Waals surface area contributed by atoms with Crippen LogP contribution in [0.25, 0.3) is 16.9 Å². The summed E-state index contributed by atoms with van der Waals surface area (Å²) >= 11 is 0. The Morgan fingerprint density at radius 2 is 1.45 bits per heavy atom. The maximum absolute atomic E-state index is 13.4. The quantitative estimate of drug-likeness (QED) is 0.342. The van der Waals surface area contributed by atoms with Crippen molar-refractivity contribution in [1.82, 2.24) is 29.9 Å². The van der Waals surface area contributed by atoms with E-state index >= 15 is 0 Å². The number of benzene rings is 3. The van der Waals surface area contributed by atoms with Crippen LogP contribution < -0.4 is 4.90 Å². The van der Waals surface area contributed by atoms with Crippen LogP contribution in [0.2, 0.25) is 0 Å². The smallest absolute Gasteiger partial charge is 0.223 e. The highest BCUT2D eigenvalue weighted by Crippen LogP contribution is 2.29. The number of rotatable bonds is 6. The Morgan fingerprint density at radius 1 is 0.816 bits per heavy atom. The molecule has 0 spiro atoms. The Morgan fingerprint density at radius 3 is 2.08 bits per heavy atom. The molecule has 0 saturated carbocycles. The lowest BCUT2D eigenvalue weighted by molar-refractivity contribution is -0.131. The first-order chi connectivity index (χ1) is 18.7. The maximum atomic E-state index is 13.4. The molecule has 0 bridgehead atoms. The van der Waals surface area contributed by atoms with Crippen LogP contribution in [0.15, 0.2) is 91.3 Å². The molecule has 3 aromatic carbocycles. The van der Waals surface area contributed by atoms with Crippen LogP contribution in [0.4, 0.5) is 10.2 Å². The van der Waals surface area contributed by atoms with E-state index in [1.165, 1.54) is 18.5 Å². The van der Waals surface area contributed by atoms with E-state index < -0.39 is 0 Å². The third-order valence-corrected chi connectivity index (χ3v) is 7.00. The molecular weight excluding hydrogens is 481 g/mol. The molecule has 1 aliphatic heterocycles. The number of nitrogens with zero attached hydrogens (tertiary/aromatic N) is 7. The Balaban J connectivity index is 1.17.